The van der Waals surface area contributed by atoms with Crippen molar-refractivity contribution in [2.75, 3.05) is 13.6 Å². The molecule has 0 fully saturated rings. The monoisotopic (exact) mass is 353 g/mol. The van der Waals surface area contributed by atoms with Gasteiger partial charge in [0, 0.05) is 34.8 Å². The Bertz CT molecular complexity index is 675. The second kappa shape index (κ2) is 7.91. The summed E-state index contributed by atoms with van der Waals surface area (Å²) in [6.45, 7) is 2.65. The number of carbonyl (C=O) groups is 1. The molecule has 116 valence electrons. The summed E-state index contributed by atoms with van der Waals surface area (Å²) in [7, 11) is 1.80. The van der Waals surface area contributed by atoms with E-state index in [1.165, 1.54) is 0 Å². The van der Waals surface area contributed by atoms with Crippen molar-refractivity contribution in [2.45, 2.75) is 17.6 Å². The lowest BCUT2D eigenvalue weighted by Crippen LogP contribution is -2.26. The molecule has 2 rings (SSSR count). The van der Waals surface area contributed by atoms with E-state index in [1.54, 1.807) is 35.8 Å². The van der Waals surface area contributed by atoms with Gasteiger partial charge >= 0.3 is 0 Å². The van der Waals surface area contributed by atoms with Crippen LogP contribution in [0.3, 0.4) is 0 Å². The first-order valence-electron chi connectivity index (χ1n) is 6.93. The van der Waals surface area contributed by atoms with E-state index < -0.39 is 0 Å². The van der Waals surface area contributed by atoms with Gasteiger partial charge < -0.3 is 4.90 Å². The van der Waals surface area contributed by atoms with Crippen molar-refractivity contribution in [3.63, 3.8) is 0 Å². The molecular formula is C17H17Cl2NOS. The van der Waals surface area contributed by atoms with E-state index in [-0.39, 0.29) is 5.91 Å². The van der Waals surface area contributed by atoms with Crippen LogP contribution in [-0.4, -0.2) is 24.4 Å². The van der Waals surface area contributed by atoms with Crippen molar-refractivity contribution >= 4 is 40.9 Å². The Balaban J connectivity index is 2.11. The summed E-state index contributed by atoms with van der Waals surface area (Å²) in [5, 5.41) is 1.35. The summed E-state index contributed by atoms with van der Waals surface area (Å²) in [5.41, 5.74) is 1.79. The van der Waals surface area contributed by atoms with Crippen LogP contribution >= 0.6 is 35.0 Å². The predicted molar refractivity (Wildman–Crippen MR) is 95.1 cm³/mol. The summed E-state index contributed by atoms with van der Waals surface area (Å²) < 4.78 is 0. The Hall–Kier alpha value is -1.16. The van der Waals surface area contributed by atoms with Crippen molar-refractivity contribution in [1.82, 2.24) is 4.90 Å². The summed E-state index contributed by atoms with van der Waals surface area (Å²) >= 11 is 13.8. The lowest BCUT2D eigenvalue weighted by molar-refractivity contribution is 0.0802. The molecule has 5 heteroatoms. The quantitative estimate of drug-likeness (QED) is 0.672. The van der Waals surface area contributed by atoms with Crippen LogP contribution in [0.4, 0.5) is 0 Å². The van der Waals surface area contributed by atoms with Gasteiger partial charge in [-0.15, -0.1) is 11.8 Å². The molecule has 0 aromatic heterocycles. The molecule has 0 N–H and O–H groups in total. The predicted octanol–water partition coefficient (Wildman–Crippen LogP) is 5.38. The molecule has 0 radical (unpaired) electrons. The zero-order chi connectivity index (χ0) is 16.1. The third-order valence-corrected chi connectivity index (χ3v) is 5.09. The first kappa shape index (κ1) is 17.2. The van der Waals surface area contributed by atoms with Crippen molar-refractivity contribution in [3.8, 4) is 0 Å². The number of hydrogen-bond donors (Lipinski definition) is 0. The maximum absolute atomic E-state index is 12.2. The van der Waals surface area contributed by atoms with Crippen molar-refractivity contribution in [1.29, 1.82) is 0 Å². The number of amides is 1. The summed E-state index contributed by atoms with van der Waals surface area (Å²) in [5.74, 6) is 0.770. The van der Waals surface area contributed by atoms with E-state index in [2.05, 4.69) is 0 Å². The van der Waals surface area contributed by atoms with Gasteiger partial charge in [0.2, 0.25) is 0 Å². The Morgan fingerprint density at radius 2 is 1.95 bits per heavy atom. The fourth-order valence-electron chi connectivity index (χ4n) is 1.91. The van der Waals surface area contributed by atoms with E-state index in [4.69, 9.17) is 23.2 Å². The van der Waals surface area contributed by atoms with Gasteiger partial charge in [0.15, 0.2) is 0 Å². The van der Waals surface area contributed by atoms with Gasteiger partial charge in [-0.3, -0.25) is 4.79 Å². The molecule has 0 saturated heterocycles. The number of hydrogen-bond acceptors (Lipinski definition) is 2. The molecule has 0 atom stereocenters. The number of thioether (sulfide) groups is 1. The average Bonchev–Trinajstić information content (AvgIpc) is 2.54. The maximum atomic E-state index is 12.2. The second-order valence-electron chi connectivity index (χ2n) is 4.88. The molecule has 0 spiro atoms. The van der Waals surface area contributed by atoms with Gasteiger partial charge in [-0.1, -0.05) is 35.3 Å². The fraction of sp³-hybridized carbons (Fsp3) is 0.235. The molecule has 2 aromatic rings. The number of nitrogens with zero attached hydrogens (tertiary/aromatic N) is 1. The molecule has 22 heavy (non-hydrogen) atoms. The van der Waals surface area contributed by atoms with Gasteiger partial charge in [-0.25, -0.2) is 0 Å². The Morgan fingerprint density at radius 1 is 1.18 bits per heavy atom. The molecule has 0 aliphatic heterocycles. The van der Waals surface area contributed by atoms with Crippen LogP contribution in [0.1, 0.15) is 22.8 Å². The molecule has 1 amide bonds. The molecule has 0 heterocycles. The van der Waals surface area contributed by atoms with Crippen molar-refractivity contribution in [2.24, 2.45) is 0 Å². The lowest BCUT2D eigenvalue weighted by Gasteiger charge is -2.15. The molecular weight excluding hydrogens is 337 g/mol. The van der Waals surface area contributed by atoms with E-state index in [0.29, 0.717) is 22.2 Å². The SMILES string of the molecule is CCN(C)C(=O)c1cccc(CSc2cc(Cl)ccc2Cl)c1. The minimum Gasteiger partial charge on any atom is -0.342 e. The Kier molecular flexibility index (Phi) is 6.18. The highest BCUT2D eigenvalue weighted by Gasteiger charge is 2.10. The first-order chi connectivity index (χ1) is 10.5. The topological polar surface area (TPSA) is 20.3 Å². The van der Waals surface area contributed by atoms with Gasteiger partial charge in [0.1, 0.15) is 0 Å². The van der Waals surface area contributed by atoms with Crippen LogP contribution < -0.4 is 0 Å². The first-order valence-corrected chi connectivity index (χ1v) is 8.67. The zero-order valence-electron chi connectivity index (χ0n) is 12.5. The molecule has 0 bridgehead atoms. The van der Waals surface area contributed by atoms with Gasteiger partial charge in [0.25, 0.3) is 5.91 Å². The lowest BCUT2D eigenvalue weighted by atomic mass is 10.1. The smallest absolute Gasteiger partial charge is 0.253 e. The third-order valence-electron chi connectivity index (χ3n) is 3.28. The highest BCUT2D eigenvalue weighted by atomic mass is 35.5. The second-order valence-corrected chi connectivity index (χ2v) is 6.74. The largest absolute Gasteiger partial charge is 0.342 e. The maximum Gasteiger partial charge on any atom is 0.253 e. The molecule has 2 nitrogen and oxygen atoms in total. The standard InChI is InChI=1S/C17H17Cl2NOS/c1-3-20(2)17(21)13-6-4-5-12(9-13)11-22-16-10-14(18)7-8-15(16)19/h4-10H,3,11H2,1-2H3. The zero-order valence-corrected chi connectivity index (χ0v) is 14.8. The van der Waals surface area contributed by atoms with Crippen molar-refractivity contribution in [3.05, 3.63) is 63.6 Å². The molecule has 0 saturated carbocycles. The fourth-order valence-corrected chi connectivity index (χ4v) is 3.34. The van der Waals surface area contributed by atoms with Crippen LogP contribution in [0.5, 0.6) is 0 Å². The van der Waals surface area contributed by atoms with Crippen LogP contribution in [0.25, 0.3) is 0 Å². The van der Waals surface area contributed by atoms with E-state index in [1.807, 2.05) is 37.3 Å². The average molecular weight is 354 g/mol. The van der Waals surface area contributed by atoms with E-state index in [9.17, 15) is 4.79 Å². The third kappa shape index (κ3) is 4.42. The molecule has 0 aliphatic rings. The van der Waals surface area contributed by atoms with Gasteiger partial charge in [-0.05, 0) is 42.8 Å². The van der Waals surface area contributed by atoms with Gasteiger partial charge in [-0.2, -0.15) is 0 Å². The molecule has 2 aromatic carbocycles. The highest BCUT2D eigenvalue weighted by Crippen LogP contribution is 2.32. The van der Waals surface area contributed by atoms with Crippen LogP contribution in [0.2, 0.25) is 10.0 Å². The Morgan fingerprint density at radius 3 is 2.68 bits per heavy atom. The summed E-state index contributed by atoms with van der Waals surface area (Å²) in [6.07, 6.45) is 0. The summed E-state index contributed by atoms with van der Waals surface area (Å²) in [4.78, 5) is 14.8. The summed E-state index contributed by atoms with van der Waals surface area (Å²) in [6, 6.07) is 13.1. The number of benzene rings is 2. The Labute approximate surface area is 145 Å². The minimum atomic E-state index is 0.0372. The molecule has 0 aliphatic carbocycles. The van der Waals surface area contributed by atoms with Crippen LogP contribution in [0, 0.1) is 0 Å². The van der Waals surface area contributed by atoms with Gasteiger partial charge in [0.05, 0.1) is 5.02 Å². The normalized spacial score (nSPS) is 10.5. The molecule has 0 unspecified atom stereocenters. The van der Waals surface area contributed by atoms with Crippen LogP contribution in [0.15, 0.2) is 47.4 Å². The minimum absolute atomic E-state index is 0.0372. The van der Waals surface area contributed by atoms with E-state index >= 15 is 0 Å². The van der Waals surface area contributed by atoms with Crippen LogP contribution in [-0.2, 0) is 5.75 Å². The highest BCUT2D eigenvalue weighted by molar-refractivity contribution is 7.98. The van der Waals surface area contributed by atoms with E-state index in [0.717, 1.165) is 16.2 Å². The van der Waals surface area contributed by atoms with Crippen molar-refractivity contribution < 1.29 is 4.79 Å². The number of carbonyl (C=O) groups excluding carboxylic acids is 1. The number of rotatable bonds is 5. The number of halogens is 2.